The highest BCUT2D eigenvalue weighted by atomic mass is 79.9. The van der Waals surface area contributed by atoms with Gasteiger partial charge in [0.05, 0.1) is 0 Å². The van der Waals surface area contributed by atoms with Gasteiger partial charge in [0.15, 0.2) is 0 Å². The summed E-state index contributed by atoms with van der Waals surface area (Å²) in [5, 5.41) is 1.20. The predicted octanol–water partition coefficient (Wildman–Crippen LogP) is 4.60. The first-order chi connectivity index (χ1) is 6.86. The molecule has 14 heavy (non-hydrogen) atoms. The van der Waals surface area contributed by atoms with Crippen LogP contribution in [-0.4, -0.2) is 14.1 Å². The molecule has 0 aliphatic carbocycles. The van der Waals surface area contributed by atoms with E-state index in [1.54, 1.807) is 31.0 Å². The lowest BCUT2D eigenvalue weighted by molar-refractivity contribution is 0.422. The summed E-state index contributed by atoms with van der Waals surface area (Å²) < 4.78 is 0. The van der Waals surface area contributed by atoms with E-state index in [-0.39, 0.29) is 8.80 Å². The molecule has 1 saturated heterocycles. The Morgan fingerprint density at radius 1 is 1.21 bits per heavy atom. The molecular weight excluding hydrogens is 252 g/mol. The van der Waals surface area contributed by atoms with Gasteiger partial charge in [-0.15, -0.1) is 0 Å². The van der Waals surface area contributed by atoms with Crippen molar-refractivity contribution in [2.45, 2.75) is 63.6 Å². The van der Waals surface area contributed by atoms with Crippen LogP contribution in [0.2, 0.25) is 18.1 Å². The minimum atomic E-state index is -0.215. The Hall–Kier alpha value is 0.697. The summed E-state index contributed by atoms with van der Waals surface area (Å²) in [5.74, 6) is 1.11. The van der Waals surface area contributed by atoms with Crippen molar-refractivity contribution < 1.29 is 0 Å². The van der Waals surface area contributed by atoms with Crippen molar-refractivity contribution in [1.29, 1.82) is 0 Å². The number of hydrogen-bond donors (Lipinski definition) is 0. The molecule has 0 bridgehead atoms. The van der Waals surface area contributed by atoms with Crippen LogP contribution in [0.3, 0.4) is 0 Å². The number of hydrogen-bond acceptors (Lipinski definition) is 0. The molecule has 0 saturated carbocycles. The van der Waals surface area contributed by atoms with Crippen LogP contribution in [0.4, 0.5) is 0 Å². The van der Waals surface area contributed by atoms with Crippen molar-refractivity contribution in [2.75, 3.05) is 5.33 Å². The van der Waals surface area contributed by atoms with Gasteiger partial charge in [0.1, 0.15) is 0 Å². The Morgan fingerprint density at radius 3 is 2.50 bits per heavy atom. The summed E-state index contributed by atoms with van der Waals surface area (Å²) in [6, 6.07) is 4.94. The maximum Gasteiger partial charge on any atom is 0.0367 e. The molecule has 1 rings (SSSR count). The molecule has 0 aromatic heterocycles. The molecule has 1 aliphatic rings. The quantitative estimate of drug-likeness (QED) is 0.378. The molecule has 0 unspecified atom stereocenters. The third kappa shape index (κ3) is 4.97. The van der Waals surface area contributed by atoms with E-state index >= 15 is 0 Å². The number of unbranched alkanes of at least 4 members (excludes halogenated alkanes) is 1. The normalized spacial score (nSPS) is 27.9. The number of alkyl halides is 1. The third-order valence-corrected chi connectivity index (χ3v) is 7.91. The van der Waals surface area contributed by atoms with Gasteiger partial charge in [0, 0.05) is 14.1 Å². The fourth-order valence-corrected chi connectivity index (χ4v) is 6.71. The lowest BCUT2D eigenvalue weighted by atomic mass is 9.96. The molecule has 0 radical (unpaired) electrons. The van der Waals surface area contributed by atoms with Gasteiger partial charge < -0.3 is 0 Å². The molecule has 0 aromatic rings. The van der Waals surface area contributed by atoms with Gasteiger partial charge in [-0.1, -0.05) is 73.1 Å². The van der Waals surface area contributed by atoms with Gasteiger partial charge in [-0.2, -0.15) is 0 Å². The Kier molecular flexibility index (Phi) is 7.22. The first-order valence-electron chi connectivity index (χ1n) is 6.42. The second kappa shape index (κ2) is 7.92. The molecule has 0 N–H and O–H groups in total. The van der Waals surface area contributed by atoms with Crippen LogP contribution < -0.4 is 0 Å². The Bertz CT molecular complexity index is 130. The average Bonchev–Trinajstić information content (AvgIpc) is 2.21. The largest absolute Gasteiger partial charge is 0.0928 e. The zero-order valence-electron chi connectivity index (χ0n) is 9.60. The highest BCUT2D eigenvalue weighted by molar-refractivity contribution is 9.09. The van der Waals surface area contributed by atoms with Gasteiger partial charge in [-0.05, 0) is 12.3 Å². The summed E-state index contributed by atoms with van der Waals surface area (Å²) in [7, 11) is -0.215. The van der Waals surface area contributed by atoms with Crippen LogP contribution in [0.25, 0.3) is 0 Å². The minimum Gasteiger partial charge on any atom is -0.0928 e. The van der Waals surface area contributed by atoms with Gasteiger partial charge in [0.25, 0.3) is 0 Å². The van der Waals surface area contributed by atoms with Crippen molar-refractivity contribution in [3.63, 3.8) is 0 Å². The fraction of sp³-hybridized carbons (Fsp3) is 1.00. The Balaban J connectivity index is 2.03. The standard InChI is InChI=1S/C12H25BrSi/c1-2-9-14-10-6-12(7-11-14)5-3-4-8-13/h12,14H,2-11H2,1H3/t12-,14-. The van der Waals surface area contributed by atoms with Crippen LogP contribution >= 0.6 is 15.9 Å². The van der Waals surface area contributed by atoms with E-state index in [0.29, 0.717) is 0 Å². The van der Waals surface area contributed by atoms with Crippen molar-refractivity contribution >= 4 is 24.7 Å². The molecule has 1 aliphatic heterocycles. The van der Waals surface area contributed by atoms with Gasteiger partial charge in [0.2, 0.25) is 0 Å². The highest BCUT2D eigenvalue weighted by Gasteiger charge is 2.20. The van der Waals surface area contributed by atoms with E-state index in [1.807, 2.05) is 0 Å². The monoisotopic (exact) mass is 276 g/mol. The molecule has 0 aromatic carbocycles. The summed E-state index contributed by atoms with van der Waals surface area (Å²) in [4.78, 5) is 0. The lowest BCUT2D eigenvalue weighted by Crippen LogP contribution is -2.20. The summed E-state index contributed by atoms with van der Waals surface area (Å²) >= 11 is 3.51. The molecular formula is C12H25BrSi. The fourth-order valence-electron chi connectivity index (χ4n) is 2.74. The average molecular weight is 277 g/mol. The SMILES string of the molecule is CCC[Si@H]1CC[C@H](CCCCBr)CC1. The van der Waals surface area contributed by atoms with E-state index in [1.165, 1.54) is 31.0 Å². The molecule has 84 valence electrons. The molecule has 0 amide bonds. The smallest absolute Gasteiger partial charge is 0.0367 e. The van der Waals surface area contributed by atoms with Crippen LogP contribution in [0.15, 0.2) is 0 Å². The maximum atomic E-state index is 3.51. The molecule has 1 fully saturated rings. The zero-order valence-corrected chi connectivity index (χ0v) is 12.3. The van der Waals surface area contributed by atoms with Crippen LogP contribution in [0, 0.1) is 5.92 Å². The first-order valence-corrected chi connectivity index (χ1v) is 9.99. The van der Waals surface area contributed by atoms with Gasteiger partial charge >= 0.3 is 0 Å². The zero-order chi connectivity index (χ0) is 10.2. The molecule has 0 spiro atoms. The highest BCUT2D eigenvalue weighted by Crippen LogP contribution is 2.30. The molecule has 2 heteroatoms. The second-order valence-electron chi connectivity index (χ2n) is 4.86. The van der Waals surface area contributed by atoms with Gasteiger partial charge in [-0.25, -0.2) is 0 Å². The van der Waals surface area contributed by atoms with E-state index in [9.17, 15) is 0 Å². The first kappa shape index (κ1) is 12.8. The molecule has 1 heterocycles. The van der Waals surface area contributed by atoms with Crippen molar-refractivity contribution in [2.24, 2.45) is 5.92 Å². The maximum absolute atomic E-state index is 3.51. The second-order valence-corrected chi connectivity index (χ2v) is 9.12. The number of halogens is 1. The predicted molar refractivity (Wildman–Crippen MR) is 72.2 cm³/mol. The Labute approximate surface area is 99.6 Å². The van der Waals surface area contributed by atoms with E-state index < -0.39 is 0 Å². The summed E-state index contributed by atoms with van der Waals surface area (Å²) in [6.07, 6.45) is 8.96. The van der Waals surface area contributed by atoms with Crippen molar-refractivity contribution in [3.8, 4) is 0 Å². The van der Waals surface area contributed by atoms with E-state index in [0.717, 1.165) is 5.92 Å². The van der Waals surface area contributed by atoms with Crippen LogP contribution in [0.1, 0.15) is 45.4 Å². The third-order valence-electron chi connectivity index (χ3n) is 3.66. The summed E-state index contributed by atoms with van der Waals surface area (Å²) in [5.41, 5.74) is 0. The van der Waals surface area contributed by atoms with Crippen LogP contribution in [-0.2, 0) is 0 Å². The van der Waals surface area contributed by atoms with Gasteiger partial charge in [-0.3, -0.25) is 0 Å². The molecule has 0 nitrogen and oxygen atoms in total. The minimum absolute atomic E-state index is 0.215. The van der Waals surface area contributed by atoms with E-state index in [2.05, 4.69) is 22.9 Å². The lowest BCUT2D eigenvalue weighted by Gasteiger charge is -2.27. The molecule has 0 atom stereocenters. The van der Waals surface area contributed by atoms with Crippen molar-refractivity contribution in [1.82, 2.24) is 0 Å². The van der Waals surface area contributed by atoms with Crippen molar-refractivity contribution in [3.05, 3.63) is 0 Å². The summed E-state index contributed by atoms with van der Waals surface area (Å²) in [6.45, 7) is 2.36. The number of rotatable bonds is 6. The van der Waals surface area contributed by atoms with E-state index in [4.69, 9.17) is 0 Å². The topological polar surface area (TPSA) is 0 Å². The van der Waals surface area contributed by atoms with Crippen LogP contribution in [0.5, 0.6) is 0 Å². The Morgan fingerprint density at radius 2 is 1.93 bits per heavy atom.